The van der Waals surface area contributed by atoms with Crippen LogP contribution in [0.15, 0.2) is 60.8 Å². The van der Waals surface area contributed by atoms with E-state index in [0.717, 1.165) is 29.6 Å². The fourth-order valence-corrected chi connectivity index (χ4v) is 3.92. The number of nitrogens with zero attached hydrogens (tertiary/aromatic N) is 1. The van der Waals surface area contributed by atoms with Gasteiger partial charge in [-0.1, -0.05) is 42.1 Å². The molecule has 1 atom stereocenters. The molecule has 3 aromatic rings. The van der Waals surface area contributed by atoms with E-state index in [0.29, 0.717) is 13.0 Å². The molecular formula is C20H18N2O3S. The Balaban J connectivity index is 1.31. The van der Waals surface area contributed by atoms with Crippen LogP contribution in [0.2, 0.25) is 0 Å². The second-order valence-corrected chi connectivity index (χ2v) is 7.32. The van der Waals surface area contributed by atoms with Gasteiger partial charge in [-0.25, -0.2) is 0 Å². The largest absolute Gasteiger partial charge is 0.492 e. The number of fused-ring (bicyclic) bond motifs is 1. The maximum absolute atomic E-state index is 11.6. The van der Waals surface area contributed by atoms with Crippen LogP contribution in [0.4, 0.5) is 4.79 Å². The number of carbonyl (C=O) groups excluding carboxylic acids is 2. The molecule has 0 saturated carbocycles. The predicted molar refractivity (Wildman–Crippen MR) is 102 cm³/mol. The highest BCUT2D eigenvalue weighted by atomic mass is 32.2. The van der Waals surface area contributed by atoms with E-state index in [9.17, 15) is 9.59 Å². The number of hydrogen-bond acceptors (Lipinski definition) is 4. The standard InChI is InChI=1S/C20H18N2O3S/c23-19-18(26-20(24)21-19)13-14-5-7-16(8-6-14)25-12-11-22-10-9-15-3-1-2-4-17(15)22/h1-10,18H,11-13H2,(H,21,23,24). The number of imide groups is 1. The number of para-hydroxylation sites is 1. The maximum Gasteiger partial charge on any atom is 0.286 e. The van der Waals surface area contributed by atoms with Crippen molar-refractivity contribution >= 4 is 33.8 Å². The zero-order valence-electron chi connectivity index (χ0n) is 14.1. The number of nitrogens with one attached hydrogen (secondary N) is 1. The molecule has 4 rings (SSSR count). The molecule has 1 aliphatic rings. The van der Waals surface area contributed by atoms with E-state index in [2.05, 4.69) is 34.3 Å². The Morgan fingerprint density at radius 2 is 1.85 bits per heavy atom. The molecule has 0 spiro atoms. The van der Waals surface area contributed by atoms with Gasteiger partial charge in [0.25, 0.3) is 5.24 Å². The number of rotatable bonds is 6. The van der Waals surface area contributed by atoms with Gasteiger partial charge in [0.1, 0.15) is 12.4 Å². The summed E-state index contributed by atoms with van der Waals surface area (Å²) in [5.74, 6) is 0.587. The third-order valence-corrected chi connectivity index (χ3v) is 5.37. The fraction of sp³-hybridized carbons (Fsp3) is 0.200. The van der Waals surface area contributed by atoms with Gasteiger partial charge in [0.2, 0.25) is 5.91 Å². The summed E-state index contributed by atoms with van der Waals surface area (Å²) >= 11 is 1.05. The van der Waals surface area contributed by atoms with Gasteiger partial charge in [0.05, 0.1) is 11.8 Å². The van der Waals surface area contributed by atoms with Gasteiger partial charge in [0.15, 0.2) is 0 Å². The number of thioether (sulfide) groups is 1. The molecule has 1 aromatic heterocycles. The van der Waals surface area contributed by atoms with Crippen molar-refractivity contribution in [3.05, 3.63) is 66.4 Å². The van der Waals surface area contributed by atoms with Crippen LogP contribution in [0.3, 0.4) is 0 Å². The molecule has 0 bridgehead atoms. The number of amides is 2. The summed E-state index contributed by atoms with van der Waals surface area (Å²) in [6.07, 6.45) is 2.61. The van der Waals surface area contributed by atoms with Gasteiger partial charge in [-0.2, -0.15) is 0 Å². The molecule has 2 heterocycles. The zero-order valence-corrected chi connectivity index (χ0v) is 14.9. The molecule has 1 fully saturated rings. The SMILES string of the molecule is O=C1NC(=O)C(Cc2ccc(OCCn3ccc4ccccc43)cc2)S1. The minimum atomic E-state index is -0.337. The van der Waals surface area contributed by atoms with E-state index in [4.69, 9.17) is 4.74 Å². The maximum atomic E-state index is 11.6. The summed E-state index contributed by atoms with van der Waals surface area (Å²) in [6.45, 7) is 1.35. The summed E-state index contributed by atoms with van der Waals surface area (Å²) in [5, 5.41) is 2.93. The van der Waals surface area contributed by atoms with Gasteiger partial charge >= 0.3 is 0 Å². The third kappa shape index (κ3) is 3.60. The minimum Gasteiger partial charge on any atom is -0.492 e. The van der Waals surface area contributed by atoms with Crippen LogP contribution in [-0.2, 0) is 17.8 Å². The third-order valence-electron chi connectivity index (χ3n) is 4.39. The molecule has 26 heavy (non-hydrogen) atoms. The first-order valence-electron chi connectivity index (χ1n) is 8.46. The normalized spacial score (nSPS) is 16.8. The molecule has 0 aliphatic carbocycles. The lowest BCUT2D eigenvalue weighted by Crippen LogP contribution is -2.25. The van der Waals surface area contributed by atoms with Crippen molar-refractivity contribution in [2.75, 3.05) is 6.61 Å². The molecule has 0 radical (unpaired) electrons. The minimum absolute atomic E-state index is 0.209. The number of ether oxygens (including phenoxy) is 1. The first kappa shape index (κ1) is 16.7. The number of aromatic nitrogens is 1. The van der Waals surface area contributed by atoms with Crippen molar-refractivity contribution in [3.8, 4) is 5.75 Å². The average molecular weight is 366 g/mol. The van der Waals surface area contributed by atoms with Gasteiger partial charge < -0.3 is 9.30 Å². The van der Waals surface area contributed by atoms with Gasteiger partial charge in [-0.05, 0) is 41.6 Å². The second kappa shape index (κ2) is 7.25. The number of hydrogen-bond donors (Lipinski definition) is 1. The molecule has 6 heteroatoms. The Hall–Kier alpha value is -2.73. The van der Waals surface area contributed by atoms with E-state index >= 15 is 0 Å². The van der Waals surface area contributed by atoms with Crippen LogP contribution in [0, 0.1) is 0 Å². The van der Waals surface area contributed by atoms with Gasteiger partial charge in [-0.3, -0.25) is 14.9 Å². The van der Waals surface area contributed by atoms with Crippen LogP contribution < -0.4 is 10.1 Å². The molecule has 1 saturated heterocycles. The summed E-state index contributed by atoms with van der Waals surface area (Å²) < 4.78 is 8.01. The molecule has 1 unspecified atom stereocenters. The van der Waals surface area contributed by atoms with E-state index in [1.807, 2.05) is 36.4 Å². The zero-order chi connectivity index (χ0) is 17.9. The number of benzene rings is 2. The van der Waals surface area contributed by atoms with E-state index < -0.39 is 0 Å². The molecule has 2 amide bonds. The van der Waals surface area contributed by atoms with Crippen molar-refractivity contribution in [3.63, 3.8) is 0 Å². The van der Waals surface area contributed by atoms with Crippen LogP contribution in [0.25, 0.3) is 10.9 Å². The van der Waals surface area contributed by atoms with Crippen molar-refractivity contribution < 1.29 is 14.3 Å². The molecular weight excluding hydrogens is 348 g/mol. The molecule has 5 nitrogen and oxygen atoms in total. The highest BCUT2D eigenvalue weighted by Gasteiger charge is 2.31. The second-order valence-electron chi connectivity index (χ2n) is 6.15. The van der Waals surface area contributed by atoms with E-state index in [1.54, 1.807) is 0 Å². The first-order valence-corrected chi connectivity index (χ1v) is 9.34. The molecule has 1 N–H and O–H groups in total. The lowest BCUT2D eigenvalue weighted by Gasteiger charge is -2.10. The number of carbonyl (C=O) groups is 2. The van der Waals surface area contributed by atoms with Crippen molar-refractivity contribution in [2.24, 2.45) is 0 Å². The van der Waals surface area contributed by atoms with E-state index in [1.165, 1.54) is 10.9 Å². The van der Waals surface area contributed by atoms with Crippen LogP contribution in [-0.4, -0.2) is 27.6 Å². The van der Waals surface area contributed by atoms with Crippen molar-refractivity contribution in [2.45, 2.75) is 18.2 Å². The van der Waals surface area contributed by atoms with Gasteiger partial charge in [0, 0.05) is 11.7 Å². The smallest absolute Gasteiger partial charge is 0.286 e. The fourth-order valence-electron chi connectivity index (χ4n) is 3.06. The lowest BCUT2D eigenvalue weighted by atomic mass is 10.1. The quantitative estimate of drug-likeness (QED) is 0.724. The summed E-state index contributed by atoms with van der Waals surface area (Å²) in [6, 6.07) is 18.1. The van der Waals surface area contributed by atoms with E-state index in [-0.39, 0.29) is 16.4 Å². The summed E-state index contributed by atoms with van der Waals surface area (Å²) in [4.78, 5) is 22.8. The van der Waals surface area contributed by atoms with Crippen LogP contribution >= 0.6 is 11.8 Å². The Kier molecular flexibility index (Phi) is 4.67. The topological polar surface area (TPSA) is 60.3 Å². The lowest BCUT2D eigenvalue weighted by molar-refractivity contribution is -0.118. The monoisotopic (exact) mass is 366 g/mol. The van der Waals surface area contributed by atoms with Crippen molar-refractivity contribution in [1.29, 1.82) is 0 Å². The highest BCUT2D eigenvalue weighted by molar-refractivity contribution is 8.15. The highest BCUT2D eigenvalue weighted by Crippen LogP contribution is 2.24. The first-order chi connectivity index (χ1) is 12.7. The van der Waals surface area contributed by atoms with Crippen LogP contribution in [0.1, 0.15) is 5.56 Å². The Morgan fingerprint density at radius 3 is 2.62 bits per heavy atom. The Bertz CT molecular complexity index is 949. The Labute approximate surface area is 155 Å². The van der Waals surface area contributed by atoms with Crippen molar-refractivity contribution in [1.82, 2.24) is 9.88 Å². The summed E-state index contributed by atoms with van der Waals surface area (Å²) in [7, 11) is 0. The molecule has 1 aliphatic heterocycles. The molecule has 132 valence electrons. The predicted octanol–water partition coefficient (Wildman–Crippen LogP) is 3.61. The molecule has 2 aromatic carbocycles. The summed E-state index contributed by atoms with van der Waals surface area (Å²) in [5.41, 5.74) is 2.21. The van der Waals surface area contributed by atoms with Crippen LogP contribution in [0.5, 0.6) is 5.75 Å². The average Bonchev–Trinajstić information content (AvgIpc) is 3.19. The van der Waals surface area contributed by atoms with Gasteiger partial charge in [-0.15, -0.1) is 0 Å². The Morgan fingerprint density at radius 1 is 1.04 bits per heavy atom.